The first kappa shape index (κ1) is 14.1. The molecule has 0 amide bonds. The molecule has 18 heavy (non-hydrogen) atoms. The van der Waals surface area contributed by atoms with Crippen molar-refractivity contribution in [2.45, 2.75) is 50.8 Å². The molecule has 0 saturated carbocycles. The number of rotatable bonds is 3. The third-order valence-electron chi connectivity index (χ3n) is 3.55. The highest BCUT2D eigenvalue weighted by Crippen LogP contribution is 2.28. The van der Waals surface area contributed by atoms with Gasteiger partial charge >= 0.3 is 0 Å². The number of benzene rings is 1. The molecule has 1 fully saturated rings. The highest BCUT2D eigenvalue weighted by molar-refractivity contribution is 6.42. The van der Waals surface area contributed by atoms with Crippen LogP contribution in [0.5, 0.6) is 0 Å². The standard InChI is InChI=1S/C14H19Cl2NO/c1-9-3-2-4-11(17-9)8-14(18)10-5-6-12(15)13(16)7-10/h5-7,9,11,14,17-18H,2-4,8H2,1H3. The maximum Gasteiger partial charge on any atom is 0.0805 e. The van der Waals surface area contributed by atoms with Gasteiger partial charge in [-0.1, -0.05) is 35.7 Å². The predicted molar refractivity (Wildman–Crippen MR) is 76.3 cm³/mol. The molecular weight excluding hydrogens is 269 g/mol. The van der Waals surface area contributed by atoms with Crippen molar-refractivity contribution in [3.8, 4) is 0 Å². The molecule has 0 radical (unpaired) electrons. The van der Waals surface area contributed by atoms with Crippen LogP contribution >= 0.6 is 23.2 Å². The van der Waals surface area contributed by atoms with Gasteiger partial charge in [0.25, 0.3) is 0 Å². The maximum atomic E-state index is 10.2. The quantitative estimate of drug-likeness (QED) is 0.882. The number of nitrogens with one attached hydrogen (secondary N) is 1. The van der Waals surface area contributed by atoms with Crippen LogP contribution in [0.2, 0.25) is 10.0 Å². The molecule has 0 aromatic heterocycles. The first-order valence-corrected chi connectivity index (χ1v) is 7.21. The minimum Gasteiger partial charge on any atom is -0.388 e. The number of aliphatic hydroxyl groups is 1. The molecule has 1 saturated heterocycles. The zero-order chi connectivity index (χ0) is 13.1. The van der Waals surface area contributed by atoms with Gasteiger partial charge in [-0.2, -0.15) is 0 Å². The number of piperidine rings is 1. The maximum absolute atomic E-state index is 10.2. The topological polar surface area (TPSA) is 32.3 Å². The fraction of sp³-hybridized carbons (Fsp3) is 0.571. The number of hydrogen-bond donors (Lipinski definition) is 2. The zero-order valence-electron chi connectivity index (χ0n) is 10.5. The summed E-state index contributed by atoms with van der Waals surface area (Å²) in [6, 6.07) is 6.26. The van der Waals surface area contributed by atoms with E-state index in [1.54, 1.807) is 12.1 Å². The van der Waals surface area contributed by atoms with Gasteiger partial charge in [-0.05, 0) is 43.9 Å². The lowest BCUT2D eigenvalue weighted by Crippen LogP contribution is -2.41. The number of halogens is 2. The van der Waals surface area contributed by atoms with Crippen molar-refractivity contribution < 1.29 is 5.11 Å². The lowest BCUT2D eigenvalue weighted by Gasteiger charge is -2.30. The molecule has 2 N–H and O–H groups in total. The van der Waals surface area contributed by atoms with Gasteiger partial charge in [-0.15, -0.1) is 0 Å². The molecule has 1 aromatic carbocycles. The van der Waals surface area contributed by atoms with E-state index in [1.807, 2.05) is 6.07 Å². The molecule has 0 bridgehead atoms. The van der Waals surface area contributed by atoms with Crippen LogP contribution in [0.15, 0.2) is 18.2 Å². The Morgan fingerprint density at radius 2 is 2.11 bits per heavy atom. The molecule has 1 heterocycles. The zero-order valence-corrected chi connectivity index (χ0v) is 12.0. The lowest BCUT2D eigenvalue weighted by atomic mass is 9.93. The van der Waals surface area contributed by atoms with Gasteiger partial charge in [-0.3, -0.25) is 0 Å². The number of aliphatic hydroxyl groups excluding tert-OH is 1. The third kappa shape index (κ3) is 3.61. The van der Waals surface area contributed by atoms with Gasteiger partial charge in [0, 0.05) is 12.1 Å². The van der Waals surface area contributed by atoms with E-state index < -0.39 is 6.10 Å². The first-order chi connectivity index (χ1) is 8.56. The van der Waals surface area contributed by atoms with Gasteiger partial charge in [0.1, 0.15) is 0 Å². The SMILES string of the molecule is CC1CCCC(CC(O)c2ccc(Cl)c(Cl)c2)N1. The molecule has 1 aromatic rings. The fourth-order valence-corrected chi connectivity index (χ4v) is 2.86. The number of hydrogen-bond acceptors (Lipinski definition) is 2. The first-order valence-electron chi connectivity index (χ1n) is 6.45. The summed E-state index contributed by atoms with van der Waals surface area (Å²) >= 11 is 11.8. The van der Waals surface area contributed by atoms with Gasteiger partial charge in [-0.25, -0.2) is 0 Å². The van der Waals surface area contributed by atoms with E-state index in [2.05, 4.69) is 12.2 Å². The summed E-state index contributed by atoms with van der Waals surface area (Å²) in [5, 5.41) is 14.8. The van der Waals surface area contributed by atoms with Crippen molar-refractivity contribution in [3.63, 3.8) is 0 Å². The molecule has 2 rings (SSSR count). The average Bonchev–Trinajstić information content (AvgIpc) is 2.32. The van der Waals surface area contributed by atoms with Crippen molar-refractivity contribution in [1.29, 1.82) is 0 Å². The largest absolute Gasteiger partial charge is 0.388 e. The molecule has 3 atom stereocenters. The molecule has 3 unspecified atom stereocenters. The Balaban J connectivity index is 1.98. The molecule has 1 aliphatic rings. The summed E-state index contributed by atoms with van der Waals surface area (Å²) in [7, 11) is 0. The highest BCUT2D eigenvalue weighted by atomic mass is 35.5. The van der Waals surface area contributed by atoms with Crippen LogP contribution in [0.3, 0.4) is 0 Å². The van der Waals surface area contributed by atoms with Crippen molar-refractivity contribution in [3.05, 3.63) is 33.8 Å². The summed E-state index contributed by atoms with van der Waals surface area (Å²) in [6.07, 6.45) is 3.82. The Bertz CT molecular complexity index is 411. The van der Waals surface area contributed by atoms with E-state index in [1.165, 1.54) is 12.8 Å². The minimum absolute atomic E-state index is 0.387. The van der Waals surface area contributed by atoms with Crippen LogP contribution in [-0.4, -0.2) is 17.2 Å². The molecule has 0 aliphatic carbocycles. The van der Waals surface area contributed by atoms with Crippen LogP contribution in [-0.2, 0) is 0 Å². The normalized spacial score (nSPS) is 26.0. The van der Waals surface area contributed by atoms with Gasteiger partial charge in [0.2, 0.25) is 0 Å². The van der Waals surface area contributed by atoms with Crippen molar-refractivity contribution >= 4 is 23.2 Å². The summed E-state index contributed by atoms with van der Waals surface area (Å²) in [5.41, 5.74) is 0.837. The van der Waals surface area contributed by atoms with E-state index >= 15 is 0 Å². The second-order valence-electron chi connectivity index (χ2n) is 5.12. The summed E-state index contributed by atoms with van der Waals surface area (Å²) in [4.78, 5) is 0. The summed E-state index contributed by atoms with van der Waals surface area (Å²) < 4.78 is 0. The summed E-state index contributed by atoms with van der Waals surface area (Å²) in [6.45, 7) is 2.19. The molecule has 4 heteroatoms. The molecule has 1 aliphatic heterocycles. The highest BCUT2D eigenvalue weighted by Gasteiger charge is 2.21. The second kappa shape index (κ2) is 6.25. The Morgan fingerprint density at radius 3 is 2.78 bits per heavy atom. The fourth-order valence-electron chi connectivity index (χ4n) is 2.55. The molecule has 0 spiro atoms. The Labute approximate surface area is 118 Å². The van der Waals surface area contributed by atoms with Crippen molar-refractivity contribution in [2.75, 3.05) is 0 Å². The van der Waals surface area contributed by atoms with E-state index in [-0.39, 0.29) is 0 Å². The monoisotopic (exact) mass is 287 g/mol. The Hall–Kier alpha value is -0.280. The summed E-state index contributed by atoms with van der Waals surface area (Å²) in [5.74, 6) is 0. The van der Waals surface area contributed by atoms with Crippen LogP contribution in [0.4, 0.5) is 0 Å². The van der Waals surface area contributed by atoms with Gasteiger partial charge in [0.15, 0.2) is 0 Å². The molecular formula is C14H19Cl2NO. The lowest BCUT2D eigenvalue weighted by molar-refractivity contribution is 0.139. The van der Waals surface area contributed by atoms with Crippen LogP contribution in [0.1, 0.15) is 44.3 Å². The van der Waals surface area contributed by atoms with E-state index in [0.717, 1.165) is 18.4 Å². The Morgan fingerprint density at radius 1 is 1.33 bits per heavy atom. The van der Waals surface area contributed by atoms with Crippen LogP contribution < -0.4 is 5.32 Å². The van der Waals surface area contributed by atoms with Crippen LogP contribution in [0.25, 0.3) is 0 Å². The van der Waals surface area contributed by atoms with Crippen LogP contribution in [0, 0.1) is 0 Å². The predicted octanol–water partition coefficient (Wildman–Crippen LogP) is 3.95. The van der Waals surface area contributed by atoms with E-state index in [4.69, 9.17) is 23.2 Å². The van der Waals surface area contributed by atoms with Gasteiger partial charge in [0.05, 0.1) is 16.1 Å². The van der Waals surface area contributed by atoms with Gasteiger partial charge < -0.3 is 10.4 Å². The average molecular weight is 288 g/mol. The van der Waals surface area contributed by atoms with Crippen molar-refractivity contribution in [1.82, 2.24) is 5.32 Å². The second-order valence-corrected chi connectivity index (χ2v) is 5.93. The van der Waals surface area contributed by atoms with Crippen molar-refractivity contribution in [2.24, 2.45) is 0 Å². The molecule has 2 nitrogen and oxygen atoms in total. The Kier molecular flexibility index (Phi) is 4.91. The molecule has 100 valence electrons. The smallest absolute Gasteiger partial charge is 0.0805 e. The van der Waals surface area contributed by atoms with E-state index in [0.29, 0.717) is 22.1 Å². The third-order valence-corrected chi connectivity index (χ3v) is 4.29. The minimum atomic E-state index is -0.484. The van der Waals surface area contributed by atoms with E-state index in [9.17, 15) is 5.11 Å².